The van der Waals surface area contributed by atoms with Gasteiger partial charge in [-0.25, -0.2) is 0 Å². The van der Waals surface area contributed by atoms with Gasteiger partial charge in [-0.15, -0.1) is 0 Å². The lowest BCUT2D eigenvalue weighted by Crippen LogP contribution is -2.30. The predicted octanol–water partition coefficient (Wildman–Crippen LogP) is 3.87. The van der Waals surface area contributed by atoms with Crippen LogP contribution < -0.4 is 5.32 Å². The van der Waals surface area contributed by atoms with E-state index < -0.39 is 0 Å². The minimum Gasteiger partial charge on any atom is -0.382 e. The zero-order valence-electron chi connectivity index (χ0n) is 11.8. The monoisotopic (exact) mass is 269 g/mol. The molecule has 0 saturated heterocycles. The van der Waals surface area contributed by atoms with Crippen molar-refractivity contribution in [2.24, 2.45) is 0 Å². The fraction of sp³-hybridized carbons (Fsp3) is 0.733. The summed E-state index contributed by atoms with van der Waals surface area (Å²) >= 11 is 1.79. The van der Waals surface area contributed by atoms with Crippen molar-refractivity contribution in [2.75, 3.05) is 19.8 Å². The second-order valence-corrected chi connectivity index (χ2v) is 5.44. The van der Waals surface area contributed by atoms with Crippen molar-refractivity contribution in [1.29, 1.82) is 0 Å². The Morgan fingerprint density at radius 3 is 2.89 bits per heavy atom. The number of thiophene rings is 1. The number of aryl methyl sites for hydroxylation is 1. The first-order valence-electron chi connectivity index (χ1n) is 7.19. The van der Waals surface area contributed by atoms with Crippen LogP contribution in [0, 0.1) is 0 Å². The molecule has 0 amide bonds. The van der Waals surface area contributed by atoms with Crippen molar-refractivity contribution in [3.63, 3.8) is 0 Å². The maximum atomic E-state index is 5.41. The van der Waals surface area contributed by atoms with Gasteiger partial charge in [-0.2, -0.15) is 11.3 Å². The normalized spacial score (nSPS) is 12.8. The molecule has 0 aliphatic rings. The molecule has 104 valence electrons. The molecule has 0 radical (unpaired) electrons. The summed E-state index contributed by atoms with van der Waals surface area (Å²) in [6.07, 6.45) is 6.03. The molecule has 0 aromatic carbocycles. The van der Waals surface area contributed by atoms with Crippen LogP contribution in [-0.2, 0) is 11.2 Å². The Morgan fingerprint density at radius 1 is 1.33 bits per heavy atom. The van der Waals surface area contributed by atoms with Crippen molar-refractivity contribution >= 4 is 11.3 Å². The third-order valence-corrected chi connectivity index (χ3v) is 3.82. The van der Waals surface area contributed by atoms with Crippen LogP contribution in [0.4, 0.5) is 0 Å². The predicted molar refractivity (Wildman–Crippen MR) is 80.4 cm³/mol. The molecule has 1 N–H and O–H groups in total. The highest BCUT2D eigenvalue weighted by Crippen LogP contribution is 2.12. The Bertz CT molecular complexity index is 274. The molecule has 0 aliphatic heterocycles. The zero-order valence-corrected chi connectivity index (χ0v) is 12.6. The van der Waals surface area contributed by atoms with Crippen molar-refractivity contribution in [2.45, 2.75) is 52.0 Å². The van der Waals surface area contributed by atoms with E-state index in [0.717, 1.165) is 19.8 Å². The van der Waals surface area contributed by atoms with Crippen LogP contribution in [0.2, 0.25) is 0 Å². The van der Waals surface area contributed by atoms with Gasteiger partial charge in [0.15, 0.2) is 0 Å². The molecular formula is C15H27NOS. The summed E-state index contributed by atoms with van der Waals surface area (Å²) in [4.78, 5) is 0. The van der Waals surface area contributed by atoms with Crippen LogP contribution in [0.3, 0.4) is 0 Å². The van der Waals surface area contributed by atoms with Crippen molar-refractivity contribution in [3.8, 4) is 0 Å². The van der Waals surface area contributed by atoms with E-state index in [-0.39, 0.29) is 0 Å². The molecule has 0 bridgehead atoms. The Kier molecular flexibility index (Phi) is 9.17. The van der Waals surface area contributed by atoms with Crippen LogP contribution in [0.5, 0.6) is 0 Å². The Balaban J connectivity index is 2.21. The SMILES string of the molecule is CCCNC(CCCOCC)CCc1ccsc1. The molecule has 3 heteroatoms. The summed E-state index contributed by atoms with van der Waals surface area (Å²) in [5.74, 6) is 0. The van der Waals surface area contributed by atoms with Crippen LogP contribution in [0.1, 0.15) is 45.1 Å². The van der Waals surface area contributed by atoms with Gasteiger partial charge in [-0.1, -0.05) is 6.92 Å². The molecule has 2 nitrogen and oxygen atoms in total. The average molecular weight is 269 g/mol. The van der Waals surface area contributed by atoms with Gasteiger partial charge in [0, 0.05) is 19.3 Å². The Labute approximate surface area is 116 Å². The molecule has 18 heavy (non-hydrogen) atoms. The Hall–Kier alpha value is -0.380. The summed E-state index contributed by atoms with van der Waals surface area (Å²) in [5, 5.41) is 8.08. The first-order chi connectivity index (χ1) is 8.86. The average Bonchev–Trinajstić information content (AvgIpc) is 2.90. The highest BCUT2D eigenvalue weighted by molar-refractivity contribution is 7.07. The molecule has 1 unspecified atom stereocenters. The second-order valence-electron chi connectivity index (χ2n) is 4.66. The fourth-order valence-electron chi connectivity index (χ4n) is 2.05. The van der Waals surface area contributed by atoms with Gasteiger partial charge in [0.25, 0.3) is 0 Å². The molecule has 1 aromatic heterocycles. The van der Waals surface area contributed by atoms with Gasteiger partial charge in [0.2, 0.25) is 0 Å². The third-order valence-electron chi connectivity index (χ3n) is 3.09. The van der Waals surface area contributed by atoms with Crippen molar-refractivity contribution < 1.29 is 4.74 Å². The quantitative estimate of drug-likeness (QED) is 0.616. The summed E-state index contributed by atoms with van der Waals surface area (Å²) in [7, 11) is 0. The van der Waals surface area contributed by atoms with E-state index in [9.17, 15) is 0 Å². The highest BCUT2D eigenvalue weighted by atomic mass is 32.1. The Morgan fingerprint density at radius 2 is 2.22 bits per heavy atom. The van der Waals surface area contributed by atoms with Crippen LogP contribution >= 0.6 is 11.3 Å². The van der Waals surface area contributed by atoms with E-state index in [0.29, 0.717) is 6.04 Å². The van der Waals surface area contributed by atoms with E-state index in [1.54, 1.807) is 11.3 Å². The van der Waals surface area contributed by atoms with E-state index in [1.165, 1.54) is 37.7 Å². The fourth-order valence-corrected chi connectivity index (χ4v) is 2.75. The lowest BCUT2D eigenvalue weighted by Gasteiger charge is -2.18. The van der Waals surface area contributed by atoms with Gasteiger partial charge in [-0.3, -0.25) is 0 Å². The standard InChI is InChI=1S/C15H27NOS/c1-3-10-16-15(6-5-11-17-4-2)8-7-14-9-12-18-13-14/h9,12-13,15-16H,3-8,10-11H2,1-2H3. The number of nitrogens with one attached hydrogen (secondary N) is 1. The molecule has 0 fully saturated rings. The van der Waals surface area contributed by atoms with E-state index in [4.69, 9.17) is 4.74 Å². The lowest BCUT2D eigenvalue weighted by atomic mass is 10.0. The van der Waals surface area contributed by atoms with Gasteiger partial charge in [0.1, 0.15) is 0 Å². The third kappa shape index (κ3) is 7.14. The van der Waals surface area contributed by atoms with Crippen LogP contribution in [0.25, 0.3) is 0 Å². The van der Waals surface area contributed by atoms with E-state index >= 15 is 0 Å². The molecule has 1 atom stereocenters. The first kappa shape index (κ1) is 15.7. The van der Waals surface area contributed by atoms with Crippen LogP contribution in [0.15, 0.2) is 16.8 Å². The van der Waals surface area contributed by atoms with Crippen molar-refractivity contribution in [1.82, 2.24) is 5.32 Å². The summed E-state index contributed by atoms with van der Waals surface area (Å²) < 4.78 is 5.41. The number of ether oxygens (including phenoxy) is 1. The van der Waals surface area contributed by atoms with Gasteiger partial charge in [0.05, 0.1) is 0 Å². The smallest absolute Gasteiger partial charge is 0.0466 e. The molecule has 1 rings (SSSR count). The minimum atomic E-state index is 0.644. The summed E-state index contributed by atoms with van der Waals surface area (Å²) in [5.41, 5.74) is 1.48. The van der Waals surface area contributed by atoms with E-state index in [2.05, 4.69) is 36.0 Å². The second kappa shape index (κ2) is 10.5. The lowest BCUT2D eigenvalue weighted by molar-refractivity contribution is 0.140. The van der Waals surface area contributed by atoms with Crippen LogP contribution in [-0.4, -0.2) is 25.8 Å². The number of rotatable bonds is 11. The van der Waals surface area contributed by atoms with E-state index in [1.807, 2.05) is 0 Å². The van der Waals surface area contributed by atoms with Gasteiger partial charge < -0.3 is 10.1 Å². The maximum absolute atomic E-state index is 5.41. The largest absolute Gasteiger partial charge is 0.382 e. The highest BCUT2D eigenvalue weighted by Gasteiger charge is 2.08. The molecule has 1 heterocycles. The maximum Gasteiger partial charge on any atom is 0.0466 e. The van der Waals surface area contributed by atoms with Gasteiger partial charge in [-0.05, 0) is 68.0 Å². The van der Waals surface area contributed by atoms with Crippen molar-refractivity contribution in [3.05, 3.63) is 22.4 Å². The topological polar surface area (TPSA) is 21.3 Å². The molecule has 0 aliphatic carbocycles. The number of hydrogen-bond donors (Lipinski definition) is 1. The molecule has 0 spiro atoms. The summed E-state index contributed by atoms with van der Waals surface area (Å²) in [6, 6.07) is 2.88. The molecule has 0 saturated carbocycles. The summed E-state index contributed by atoms with van der Waals surface area (Å²) in [6.45, 7) is 7.15. The molecular weight excluding hydrogens is 242 g/mol. The van der Waals surface area contributed by atoms with Gasteiger partial charge >= 0.3 is 0 Å². The zero-order chi connectivity index (χ0) is 13.1. The molecule has 1 aromatic rings. The number of hydrogen-bond acceptors (Lipinski definition) is 3. The minimum absolute atomic E-state index is 0.644. The first-order valence-corrected chi connectivity index (χ1v) is 8.13.